The summed E-state index contributed by atoms with van der Waals surface area (Å²) in [6, 6.07) is 10.9. The number of urea groups is 1. The summed E-state index contributed by atoms with van der Waals surface area (Å²) in [5.74, 6) is 1.41. The maximum atomic E-state index is 13.8. The van der Waals surface area contributed by atoms with E-state index >= 15 is 0 Å². The van der Waals surface area contributed by atoms with E-state index < -0.39 is 0 Å². The number of nitrogens with zero attached hydrogens (tertiary/aromatic N) is 7. The van der Waals surface area contributed by atoms with Crippen LogP contribution in [0.3, 0.4) is 0 Å². The van der Waals surface area contributed by atoms with E-state index in [0.29, 0.717) is 32.1 Å². The molecule has 0 atom stereocenters. The van der Waals surface area contributed by atoms with Crippen LogP contribution >= 0.6 is 0 Å². The second-order valence-electron chi connectivity index (χ2n) is 11.8. The van der Waals surface area contributed by atoms with Crippen molar-refractivity contribution in [2.24, 2.45) is 5.92 Å². The summed E-state index contributed by atoms with van der Waals surface area (Å²) in [5, 5.41) is 4.21. The molecule has 1 spiro atoms. The Balaban J connectivity index is 1.20. The van der Waals surface area contributed by atoms with Crippen LogP contribution in [0.2, 0.25) is 0 Å². The Morgan fingerprint density at radius 1 is 1.08 bits per heavy atom. The van der Waals surface area contributed by atoms with Gasteiger partial charge in [-0.3, -0.25) is 9.69 Å². The predicted molar refractivity (Wildman–Crippen MR) is 139 cm³/mol. The standard InChI is InChI=1S/C28H39N7O2/c1-31(2)28(23-9-4-3-5-10-23)13-11-27(12-14-28)20-33(26(37)34(27)17-22-7-6-8-22)19-25(36)32-15-16-35-24(18-32)29-21-30-35/h3-5,9-10,21-22H,6-8,11-20H2,1-2H3/t27-,28+. The highest BCUT2D eigenvalue weighted by Crippen LogP contribution is 2.49. The number of fused-ring (bicyclic) bond motifs is 1. The van der Waals surface area contributed by atoms with Crippen molar-refractivity contribution in [2.45, 2.75) is 69.1 Å². The zero-order valence-electron chi connectivity index (χ0n) is 22.2. The maximum Gasteiger partial charge on any atom is 0.321 e. The minimum absolute atomic E-state index is 0.00553. The first kappa shape index (κ1) is 24.4. The summed E-state index contributed by atoms with van der Waals surface area (Å²) in [7, 11) is 4.36. The molecule has 2 saturated carbocycles. The van der Waals surface area contributed by atoms with Gasteiger partial charge in [-0.15, -0.1) is 0 Å². The average molecular weight is 506 g/mol. The van der Waals surface area contributed by atoms with E-state index in [2.05, 4.69) is 64.3 Å². The van der Waals surface area contributed by atoms with Gasteiger partial charge in [-0.1, -0.05) is 36.8 Å². The third kappa shape index (κ3) is 4.21. The van der Waals surface area contributed by atoms with Crippen LogP contribution in [0.5, 0.6) is 0 Å². The molecule has 3 fully saturated rings. The molecule has 1 aromatic carbocycles. The number of aromatic nitrogens is 3. The van der Waals surface area contributed by atoms with Crippen LogP contribution in [0.25, 0.3) is 0 Å². The van der Waals surface area contributed by atoms with Crippen LogP contribution in [0.4, 0.5) is 4.79 Å². The molecular formula is C28H39N7O2. The van der Waals surface area contributed by atoms with Crippen LogP contribution < -0.4 is 0 Å². The molecule has 9 nitrogen and oxygen atoms in total. The number of hydrogen-bond acceptors (Lipinski definition) is 5. The van der Waals surface area contributed by atoms with E-state index in [4.69, 9.17) is 0 Å². The SMILES string of the molecule is CN(C)[C@]1(c2ccccc2)CC[C@]2(CC1)CN(CC(=O)N1CCn3ncnc3C1)C(=O)N2CC1CCC1. The Kier molecular flexibility index (Phi) is 6.21. The predicted octanol–water partition coefficient (Wildman–Crippen LogP) is 2.93. The molecule has 0 N–H and O–H groups in total. The van der Waals surface area contributed by atoms with Gasteiger partial charge in [0.15, 0.2) is 0 Å². The van der Waals surface area contributed by atoms with Crippen molar-refractivity contribution in [1.82, 2.24) is 34.4 Å². The number of carbonyl (C=O) groups is 2. The van der Waals surface area contributed by atoms with Crippen molar-refractivity contribution in [2.75, 3.05) is 40.3 Å². The average Bonchev–Trinajstić information content (AvgIpc) is 3.45. The highest BCUT2D eigenvalue weighted by atomic mass is 16.2. The number of rotatable bonds is 6. The first-order valence-electron chi connectivity index (χ1n) is 13.8. The van der Waals surface area contributed by atoms with Crippen LogP contribution in [0.15, 0.2) is 36.7 Å². The largest absolute Gasteiger partial charge is 0.332 e. The van der Waals surface area contributed by atoms with Gasteiger partial charge >= 0.3 is 6.03 Å². The molecule has 0 radical (unpaired) electrons. The van der Waals surface area contributed by atoms with Crippen molar-refractivity contribution in [3.05, 3.63) is 48.0 Å². The number of carbonyl (C=O) groups excluding carboxylic acids is 2. The number of amides is 3. The monoisotopic (exact) mass is 505 g/mol. The van der Waals surface area contributed by atoms with E-state index in [1.54, 1.807) is 6.33 Å². The van der Waals surface area contributed by atoms with Crippen LogP contribution in [0, 0.1) is 5.92 Å². The molecule has 2 aliphatic carbocycles. The zero-order chi connectivity index (χ0) is 25.6. The maximum absolute atomic E-state index is 13.8. The van der Waals surface area contributed by atoms with E-state index in [0.717, 1.165) is 38.1 Å². The Morgan fingerprint density at radius 3 is 2.51 bits per heavy atom. The van der Waals surface area contributed by atoms with Gasteiger partial charge in [-0.25, -0.2) is 14.5 Å². The fraction of sp³-hybridized carbons (Fsp3) is 0.643. The van der Waals surface area contributed by atoms with Crippen molar-refractivity contribution < 1.29 is 9.59 Å². The van der Waals surface area contributed by atoms with E-state index in [1.165, 1.54) is 24.8 Å². The summed E-state index contributed by atoms with van der Waals surface area (Å²) in [4.78, 5) is 39.7. The lowest BCUT2D eigenvalue weighted by molar-refractivity contribution is -0.133. The molecule has 198 valence electrons. The van der Waals surface area contributed by atoms with Gasteiger partial charge in [-0.2, -0.15) is 5.10 Å². The zero-order valence-corrected chi connectivity index (χ0v) is 22.2. The molecule has 1 aromatic heterocycles. The summed E-state index contributed by atoms with van der Waals surface area (Å²) in [6.07, 6.45) is 9.13. The van der Waals surface area contributed by atoms with Gasteiger partial charge in [0.05, 0.1) is 18.6 Å². The van der Waals surface area contributed by atoms with Gasteiger partial charge in [0, 0.05) is 25.2 Å². The molecule has 3 amide bonds. The molecule has 0 bridgehead atoms. The minimum Gasteiger partial charge on any atom is -0.332 e. The normalized spacial score (nSPS) is 28.2. The summed E-state index contributed by atoms with van der Waals surface area (Å²) < 4.78 is 1.85. The second kappa shape index (κ2) is 9.42. The topological polar surface area (TPSA) is 77.8 Å². The van der Waals surface area contributed by atoms with Crippen LogP contribution in [-0.4, -0.2) is 92.1 Å². The van der Waals surface area contributed by atoms with Gasteiger partial charge in [0.1, 0.15) is 18.7 Å². The Morgan fingerprint density at radius 2 is 1.84 bits per heavy atom. The highest BCUT2D eigenvalue weighted by Gasteiger charge is 2.55. The van der Waals surface area contributed by atoms with Gasteiger partial charge < -0.3 is 14.7 Å². The number of benzene rings is 1. The molecule has 37 heavy (non-hydrogen) atoms. The van der Waals surface area contributed by atoms with Crippen molar-refractivity contribution in [3.8, 4) is 0 Å². The number of hydrogen-bond donors (Lipinski definition) is 0. The smallest absolute Gasteiger partial charge is 0.321 e. The molecule has 1 saturated heterocycles. The molecule has 2 aromatic rings. The molecule has 9 heteroatoms. The molecule has 3 heterocycles. The minimum atomic E-state index is -0.191. The van der Waals surface area contributed by atoms with Gasteiger partial charge in [0.25, 0.3) is 0 Å². The fourth-order valence-electron chi connectivity index (χ4n) is 7.05. The third-order valence-corrected chi connectivity index (χ3v) is 9.69. The van der Waals surface area contributed by atoms with E-state index in [1.807, 2.05) is 14.5 Å². The van der Waals surface area contributed by atoms with Crippen LogP contribution in [-0.2, 0) is 23.4 Å². The summed E-state index contributed by atoms with van der Waals surface area (Å²) in [5.41, 5.74) is 1.14. The molecule has 4 aliphatic rings. The summed E-state index contributed by atoms with van der Waals surface area (Å²) in [6.45, 7) is 3.34. The third-order valence-electron chi connectivity index (χ3n) is 9.69. The Hall–Kier alpha value is -2.94. The lowest BCUT2D eigenvalue weighted by Gasteiger charge is -2.51. The molecule has 6 rings (SSSR count). The van der Waals surface area contributed by atoms with Crippen molar-refractivity contribution in [1.29, 1.82) is 0 Å². The summed E-state index contributed by atoms with van der Waals surface area (Å²) >= 11 is 0. The Bertz CT molecular complexity index is 1130. The van der Waals surface area contributed by atoms with Crippen molar-refractivity contribution >= 4 is 11.9 Å². The quantitative estimate of drug-likeness (QED) is 0.603. The first-order chi connectivity index (χ1) is 17.9. The van der Waals surface area contributed by atoms with E-state index in [-0.39, 0.29) is 29.6 Å². The fourth-order valence-corrected chi connectivity index (χ4v) is 7.05. The van der Waals surface area contributed by atoms with Gasteiger partial charge in [-0.05, 0) is 64.1 Å². The molecule has 0 unspecified atom stereocenters. The lowest BCUT2D eigenvalue weighted by Crippen LogP contribution is -2.56. The van der Waals surface area contributed by atoms with Crippen LogP contribution in [0.1, 0.15) is 56.3 Å². The van der Waals surface area contributed by atoms with E-state index in [9.17, 15) is 9.59 Å². The first-order valence-corrected chi connectivity index (χ1v) is 13.8. The Labute approximate surface area is 219 Å². The molecular weight excluding hydrogens is 466 g/mol. The lowest BCUT2D eigenvalue weighted by atomic mass is 9.68. The second-order valence-corrected chi connectivity index (χ2v) is 11.8. The molecule has 2 aliphatic heterocycles. The van der Waals surface area contributed by atoms with Gasteiger partial charge in [0.2, 0.25) is 5.91 Å². The highest BCUT2D eigenvalue weighted by molar-refractivity contribution is 5.86. The van der Waals surface area contributed by atoms with Crippen molar-refractivity contribution in [3.63, 3.8) is 0 Å².